The maximum atomic E-state index is 6.38. The summed E-state index contributed by atoms with van der Waals surface area (Å²) in [5, 5.41) is 0. The van der Waals surface area contributed by atoms with Crippen LogP contribution in [0.25, 0.3) is 0 Å². The minimum Gasteiger partial charge on any atom is -0.476 e. The van der Waals surface area contributed by atoms with Gasteiger partial charge in [0.05, 0.1) is 5.54 Å². The van der Waals surface area contributed by atoms with E-state index in [0.717, 1.165) is 18.5 Å². The lowest BCUT2D eigenvalue weighted by Crippen LogP contribution is -2.45. The average molecular weight is 235 g/mol. The van der Waals surface area contributed by atoms with Gasteiger partial charge in [-0.1, -0.05) is 25.7 Å². The van der Waals surface area contributed by atoms with Crippen molar-refractivity contribution in [3.05, 3.63) is 18.1 Å². The van der Waals surface area contributed by atoms with Crippen LogP contribution in [0.15, 0.2) is 12.4 Å². The number of aryl methyl sites for hydroxylation is 1. The second-order valence-corrected chi connectivity index (χ2v) is 5.06. The van der Waals surface area contributed by atoms with E-state index in [2.05, 4.69) is 9.97 Å². The van der Waals surface area contributed by atoms with Gasteiger partial charge in [0.1, 0.15) is 12.9 Å². The Morgan fingerprint density at radius 1 is 1.24 bits per heavy atom. The van der Waals surface area contributed by atoms with Crippen molar-refractivity contribution in [1.29, 1.82) is 0 Å². The Kier molecular flexibility index (Phi) is 3.94. The summed E-state index contributed by atoms with van der Waals surface area (Å²) in [6, 6.07) is 1.85. The number of aromatic nitrogens is 2. The zero-order chi connectivity index (χ0) is 12.1. The van der Waals surface area contributed by atoms with E-state index in [1.165, 1.54) is 32.0 Å². The molecule has 0 spiro atoms. The summed E-state index contributed by atoms with van der Waals surface area (Å²) < 4.78 is 5.71. The first-order valence-corrected chi connectivity index (χ1v) is 6.38. The molecule has 0 amide bonds. The van der Waals surface area contributed by atoms with Gasteiger partial charge in [0.15, 0.2) is 0 Å². The van der Waals surface area contributed by atoms with E-state index in [1.807, 2.05) is 13.0 Å². The van der Waals surface area contributed by atoms with Gasteiger partial charge in [-0.15, -0.1) is 0 Å². The molecular formula is C13H21N3O. The molecule has 1 aromatic heterocycles. The predicted molar refractivity (Wildman–Crippen MR) is 66.9 cm³/mol. The molecule has 17 heavy (non-hydrogen) atoms. The Morgan fingerprint density at radius 3 is 2.59 bits per heavy atom. The fourth-order valence-electron chi connectivity index (χ4n) is 2.30. The molecule has 4 nitrogen and oxygen atoms in total. The molecule has 0 saturated heterocycles. The molecule has 94 valence electrons. The van der Waals surface area contributed by atoms with E-state index >= 15 is 0 Å². The predicted octanol–water partition coefficient (Wildman–Crippen LogP) is 2.22. The summed E-state index contributed by atoms with van der Waals surface area (Å²) in [5.41, 5.74) is 7.12. The van der Waals surface area contributed by atoms with Crippen molar-refractivity contribution in [2.45, 2.75) is 51.0 Å². The monoisotopic (exact) mass is 235 g/mol. The van der Waals surface area contributed by atoms with Crippen molar-refractivity contribution in [2.75, 3.05) is 6.61 Å². The summed E-state index contributed by atoms with van der Waals surface area (Å²) >= 11 is 0. The molecule has 0 atom stereocenters. The van der Waals surface area contributed by atoms with Crippen molar-refractivity contribution >= 4 is 0 Å². The zero-order valence-corrected chi connectivity index (χ0v) is 10.5. The lowest BCUT2D eigenvalue weighted by molar-refractivity contribution is 0.193. The molecule has 1 aromatic rings. The topological polar surface area (TPSA) is 61.0 Å². The molecule has 1 fully saturated rings. The normalized spacial score (nSPS) is 19.6. The maximum absolute atomic E-state index is 6.38. The van der Waals surface area contributed by atoms with Crippen LogP contribution in [-0.2, 0) is 0 Å². The lowest BCUT2D eigenvalue weighted by atomic mass is 9.93. The van der Waals surface area contributed by atoms with Gasteiger partial charge in [-0.25, -0.2) is 9.97 Å². The van der Waals surface area contributed by atoms with E-state index in [9.17, 15) is 0 Å². The van der Waals surface area contributed by atoms with Crippen molar-refractivity contribution < 1.29 is 4.74 Å². The van der Waals surface area contributed by atoms with E-state index in [0.29, 0.717) is 12.5 Å². The van der Waals surface area contributed by atoms with Gasteiger partial charge in [0.25, 0.3) is 0 Å². The Balaban J connectivity index is 1.92. The molecule has 1 aliphatic rings. The highest BCUT2D eigenvalue weighted by atomic mass is 16.5. The molecule has 0 radical (unpaired) electrons. The van der Waals surface area contributed by atoms with Gasteiger partial charge in [0, 0.05) is 11.8 Å². The van der Waals surface area contributed by atoms with Gasteiger partial charge in [-0.05, 0) is 19.8 Å². The van der Waals surface area contributed by atoms with E-state index in [4.69, 9.17) is 10.5 Å². The third kappa shape index (κ3) is 3.66. The highest BCUT2D eigenvalue weighted by molar-refractivity contribution is 5.12. The van der Waals surface area contributed by atoms with Crippen LogP contribution in [0.5, 0.6) is 5.88 Å². The quantitative estimate of drug-likeness (QED) is 0.816. The molecule has 4 heteroatoms. The molecule has 0 unspecified atom stereocenters. The number of rotatable bonds is 3. The van der Waals surface area contributed by atoms with Crippen LogP contribution < -0.4 is 10.5 Å². The maximum Gasteiger partial charge on any atom is 0.216 e. The fourth-order valence-corrected chi connectivity index (χ4v) is 2.30. The first-order valence-electron chi connectivity index (χ1n) is 6.38. The van der Waals surface area contributed by atoms with Crippen molar-refractivity contribution in [2.24, 2.45) is 5.73 Å². The third-order valence-electron chi connectivity index (χ3n) is 3.39. The summed E-state index contributed by atoms with van der Waals surface area (Å²) in [6.07, 6.45) is 8.65. The van der Waals surface area contributed by atoms with Gasteiger partial charge in [0.2, 0.25) is 5.88 Å². The minimum atomic E-state index is -0.171. The van der Waals surface area contributed by atoms with Gasteiger partial charge < -0.3 is 10.5 Å². The number of ether oxygens (including phenoxy) is 1. The van der Waals surface area contributed by atoms with Crippen LogP contribution in [0.2, 0.25) is 0 Å². The second kappa shape index (κ2) is 5.45. The third-order valence-corrected chi connectivity index (χ3v) is 3.39. The minimum absolute atomic E-state index is 0.171. The number of nitrogens with two attached hydrogens (primary N) is 1. The van der Waals surface area contributed by atoms with E-state index in [1.54, 1.807) is 0 Å². The molecule has 0 bridgehead atoms. The van der Waals surface area contributed by atoms with Crippen LogP contribution in [0.4, 0.5) is 0 Å². The fraction of sp³-hybridized carbons (Fsp3) is 0.692. The van der Waals surface area contributed by atoms with Crippen LogP contribution >= 0.6 is 0 Å². The number of nitrogens with zero attached hydrogens (tertiary/aromatic N) is 2. The van der Waals surface area contributed by atoms with Crippen molar-refractivity contribution in [3.8, 4) is 5.88 Å². The largest absolute Gasteiger partial charge is 0.476 e. The van der Waals surface area contributed by atoms with Crippen LogP contribution in [-0.4, -0.2) is 22.1 Å². The molecule has 1 aliphatic carbocycles. The Morgan fingerprint density at radius 2 is 1.94 bits per heavy atom. The summed E-state index contributed by atoms with van der Waals surface area (Å²) in [6.45, 7) is 2.49. The lowest BCUT2D eigenvalue weighted by Gasteiger charge is -2.27. The van der Waals surface area contributed by atoms with Crippen molar-refractivity contribution in [3.63, 3.8) is 0 Å². The first kappa shape index (κ1) is 12.3. The molecule has 0 aliphatic heterocycles. The van der Waals surface area contributed by atoms with Gasteiger partial charge in [-0.2, -0.15) is 0 Å². The Labute approximate surface area is 103 Å². The van der Waals surface area contributed by atoms with Crippen LogP contribution in [0.3, 0.4) is 0 Å². The van der Waals surface area contributed by atoms with Crippen LogP contribution in [0.1, 0.15) is 44.2 Å². The van der Waals surface area contributed by atoms with Crippen LogP contribution in [0, 0.1) is 6.92 Å². The van der Waals surface area contributed by atoms with E-state index in [-0.39, 0.29) is 5.54 Å². The van der Waals surface area contributed by atoms with Gasteiger partial charge >= 0.3 is 0 Å². The highest BCUT2D eigenvalue weighted by Crippen LogP contribution is 2.25. The number of hydrogen-bond acceptors (Lipinski definition) is 4. The SMILES string of the molecule is Cc1cc(OCC2(N)CCCCCC2)ncn1. The number of hydrogen-bond donors (Lipinski definition) is 1. The molecule has 0 aromatic carbocycles. The molecule has 2 rings (SSSR count). The summed E-state index contributed by atoms with van der Waals surface area (Å²) in [5.74, 6) is 0.631. The Bertz CT molecular complexity index is 359. The van der Waals surface area contributed by atoms with E-state index < -0.39 is 0 Å². The highest BCUT2D eigenvalue weighted by Gasteiger charge is 2.27. The molecular weight excluding hydrogens is 214 g/mol. The van der Waals surface area contributed by atoms with Gasteiger partial charge in [-0.3, -0.25) is 0 Å². The molecule has 1 saturated carbocycles. The molecule has 1 heterocycles. The second-order valence-electron chi connectivity index (χ2n) is 5.06. The zero-order valence-electron chi connectivity index (χ0n) is 10.5. The smallest absolute Gasteiger partial charge is 0.216 e. The summed E-state index contributed by atoms with van der Waals surface area (Å²) in [7, 11) is 0. The summed E-state index contributed by atoms with van der Waals surface area (Å²) in [4.78, 5) is 8.13. The van der Waals surface area contributed by atoms with Crippen molar-refractivity contribution in [1.82, 2.24) is 9.97 Å². The standard InChI is InChI=1S/C13H21N3O/c1-11-8-12(16-10-15-11)17-9-13(14)6-4-2-3-5-7-13/h8,10H,2-7,9,14H2,1H3. The average Bonchev–Trinajstić information content (AvgIpc) is 2.53. The molecule has 2 N–H and O–H groups in total. The Hall–Kier alpha value is -1.16. The first-order chi connectivity index (χ1) is 8.18.